The summed E-state index contributed by atoms with van der Waals surface area (Å²) in [4.78, 5) is 26.6. The van der Waals surface area contributed by atoms with Gasteiger partial charge in [0.2, 0.25) is 0 Å². The lowest BCUT2D eigenvalue weighted by Crippen LogP contribution is -2.31. The van der Waals surface area contributed by atoms with Gasteiger partial charge in [-0.05, 0) is 55.9 Å². The molecule has 2 aromatic rings. The lowest BCUT2D eigenvalue weighted by atomic mass is 9.99. The van der Waals surface area contributed by atoms with E-state index in [1.807, 2.05) is 51.4 Å². The summed E-state index contributed by atoms with van der Waals surface area (Å²) in [6.45, 7) is 10.1. The first-order chi connectivity index (χ1) is 13.8. The van der Waals surface area contributed by atoms with Crippen LogP contribution in [0, 0.1) is 6.92 Å². The Labute approximate surface area is 174 Å². The molecule has 0 saturated carbocycles. The van der Waals surface area contributed by atoms with Crippen LogP contribution in [-0.4, -0.2) is 17.6 Å². The number of nitrogens with one attached hydrogen (secondary N) is 1. The maximum absolute atomic E-state index is 13.4. The molecule has 5 heteroatoms. The smallest absolute Gasteiger partial charge is 0.261 e. The summed E-state index contributed by atoms with van der Waals surface area (Å²) in [7, 11) is 3.59. The first kappa shape index (κ1) is 22.7. The van der Waals surface area contributed by atoms with Crippen molar-refractivity contribution < 1.29 is 9.53 Å². The van der Waals surface area contributed by atoms with Gasteiger partial charge in [-0.25, -0.2) is 0 Å². The van der Waals surface area contributed by atoms with Gasteiger partial charge in [-0.1, -0.05) is 34.1 Å². The minimum Gasteiger partial charge on any atom is -0.497 e. The van der Waals surface area contributed by atoms with Crippen molar-refractivity contribution in [1.29, 1.82) is 0 Å². The second-order valence-electron chi connectivity index (χ2n) is 7.36. The maximum atomic E-state index is 13.4. The van der Waals surface area contributed by atoms with E-state index in [1.54, 1.807) is 7.11 Å². The summed E-state index contributed by atoms with van der Waals surface area (Å²) in [5, 5.41) is 3.08. The number of aromatic nitrogens is 1. The van der Waals surface area contributed by atoms with Crippen molar-refractivity contribution in [2.24, 2.45) is 7.05 Å². The molecule has 0 unspecified atom stereocenters. The van der Waals surface area contributed by atoms with Crippen molar-refractivity contribution >= 4 is 11.6 Å². The van der Waals surface area contributed by atoms with Crippen molar-refractivity contribution in [3.63, 3.8) is 0 Å². The van der Waals surface area contributed by atoms with Crippen LogP contribution in [0.3, 0.4) is 0 Å². The van der Waals surface area contributed by atoms with E-state index in [1.165, 1.54) is 0 Å². The average molecular weight is 399 g/mol. The van der Waals surface area contributed by atoms with Gasteiger partial charge in [0.1, 0.15) is 11.3 Å². The van der Waals surface area contributed by atoms with Crippen LogP contribution in [0.25, 0.3) is 0 Å². The van der Waals surface area contributed by atoms with Gasteiger partial charge >= 0.3 is 0 Å². The van der Waals surface area contributed by atoms with Crippen molar-refractivity contribution in [2.75, 3.05) is 12.4 Å². The molecule has 1 heterocycles. The van der Waals surface area contributed by atoms with Crippen LogP contribution in [0.15, 0.2) is 16.9 Å². The van der Waals surface area contributed by atoms with E-state index in [-0.39, 0.29) is 16.9 Å². The van der Waals surface area contributed by atoms with Crippen LogP contribution in [0.2, 0.25) is 0 Å². The van der Waals surface area contributed by atoms with Gasteiger partial charge < -0.3 is 14.6 Å². The van der Waals surface area contributed by atoms with Gasteiger partial charge in [-0.2, -0.15) is 0 Å². The molecular formula is C24H34N2O3. The molecule has 1 aromatic heterocycles. The van der Waals surface area contributed by atoms with Gasteiger partial charge in [-0.15, -0.1) is 0 Å². The van der Waals surface area contributed by atoms with E-state index < -0.39 is 0 Å². The molecule has 2 rings (SSSR count). The molecule has 0 radical (unpaired) electrons. The summed E-state index contributed by atoms with van der Waals surface area (Å²) in [6.07, 6.45) is 3.67. The number of hydrogen-bond acceptors (Lipinski definition) is 3. The molecule has 0 spiro atoms. The van der Waals surface area contributed by atoms with Gasteiger partial charge in [0, 0.05) is 29.7 Å². The number of amides is 1. The summed E-state index contributed by atoms with van der Waals surface area (Å²) in [5.41, 5.74) is 5.38. The lowest BCUT2D eigenvalue weighted by molar-refractivity contribution is 0.102. The quantitative estimate of drug-likeness (QED) is 0.707. The first-order valence-corrected chi connectivity index (χ1v) is 10.6. The number of benzene rings is 1. The Hall–Kier alpha value is -2.56. The number of carbonyl (C=O) groups excluding carboxylic acids is 1. The van der Waals surface area contributed by atoms with E-state index in [0.717, 1.165) is 53.2 Å². The summed E-state index contributed by atoms with van der Waals surface area (Å²) in [5.74, 6) is 0.459. The van der Waals surface area contributed by atoms with Crippen LogP contribution >= 0.6 is 0 Å². The minimum atomic E-state index is -0.321. The normalized spacial score (nSPS) is 10.9. The predicted molar refractivity (Wildman–Crippen MR) is 119 cm³/mol. The van der Waals surface area contributed by atoms with Crippen LogP contribution in [0.4, 0.5) is 5.69 Å². The summed E-state index contributed by atoms with van der Waals surface area (Å²) < 4.78 is 7.42. The van der Waals surface area contributed by atoms with E-state index in [4.69, 9.17) is 4.74 Å². The molecule has 1 aromatic carbocycles. The lowest BCUT2D eigenvalue weighted by Gasteiger charge is -2.21. The third-order valence-electron chi connectivity index (χ3n) is 5.71. The molecular weight excluding hydrogens is 364 g/mol. The maximum Gasteiger partial charge on any atom is 0.261 e. The number of aryl methyl sites for hydroxylation is 2. The van der Waals surface area contributed by atoms with Crippen LogP contribution in [0.1, 0.15) is 72.6 Å². The van der Waals surface area contributed by atoms with E-state index >= 15 is 0 Å². The fourth-order valence-corrected chi connectivity index (χ4v) is 3.95. The Balaban J connectivity index is 2.65. The van der Waals surface area contributed by atoms with E-state index in [2.05, 4.69) is 12.2 Å². The molecule has 1 amide bonds. The molecule has 0 atom stereocenters. The SMILES string of the molecule is CCCc1c(C(=O)Nc2c(CC)cc(OC)cc2CC)c(=O)c(CC)c(C)n1C. The van der Waals surface area contributed by atoms with Crippen molar-refractivity contribution in [3.05, 3.63) is 56.0 Å². The monoisotopic (exact) mass is 398 g/mol. The molecule has 158 valence electrons. The highest BCUT2D eigenvalue weighted by atomic mass is 16.5. The van der Waals surface area contributed by atoms with Crippen LogP contribution in [-0.2, 0) is 32.7 Å². The molecule has 5 nitrogen and oxygen atoms in total. The van der Waals surface area contributed by atoms with Gasteiger partial charge in [0.15, 0.2) is 5.43 Å². The molecule has 0 aliphatic rings. The highest BCUT2D eigenvalue weighted by Crippen LogP contribution is 2.29. The summed E-state index contributed by atoms with van der Waals surface area (Å²) >= 11 is 0. The molecule has 29 heavy (non-hydrogen) atoms. The largest absolute Gasteiger partial charge is 0.497 e. The Kier molecular flexibility index (Phi) is 7.66. The molecule has 1 N–H and O–H groups in total. The number of nitrogens with zero attached hydrogens (tertiary/aromatic N) is 1. The second-order valence-corrected chi connectivity index (χ2v) is 7.36. The first-order valence-electron chi connectivity index (χ1n) is 10.6. The highest BCUT2D eigenvalue weighted by Gasteiger charge is 2.23. The Morgan fingerprint density at radius 1 is 1.07 bits per heavy atom. The minimum absolute atomic E-state index is 0.145. The zero-order valence-electron chi connectivity index (χ0n) is 18.9. The molecule has 0 aliphatic carbocycles. The number of anilines is 1. The topological polar surface area (TPSA) is 60.3 Å². The second kappa shape index (κ2) is 9.77. The van der Waals surface area contributed by atoms with Crippen LogP contribution < -0.4 is 15.5 Å². The highest BCUT2D eigenvalue weighted by molar-refractivity contribution is 6.06. The Bertz CT molecular complexity index is 933. The number of carbonyl (C=O) groups is 1. The number of hydrogen-bond donors (Lipinski definition) is 1. The van der Waals surface area contributed by atoms with E-state index in [9.17, 15) is 9.59 Å². The average Bonchev–Trinajstić information content (AvgIpc) is 2.72. The van der Waals surface area contributed by atoms with Gasteiger partial charge in [0.05, 0.1) is 7.11 Å². The van der Waals surface area contributed by atoms with Crippen molar-refractivity contribution in [2.45, 2.75) is 66.7 Å². The Morgan fingerprint density at radius 2 is 1.66 bits per heavy atom. The third-order valence-corrected chi connectivity index (χ3v) is 5.71. The number of rotatable bonds is 8. The number of methoxy groups -OCH3 is 1. The Morgan fingerprint density at radius 3 is 2.10 bits per heavy atom. The van der Waals surface area contributed by atoms with E-state index in [0.29, 0.717) is 18.4 Å². The zero-order chi connectivity index (χ0) is 21.7. The molecule has 0 fully saturated rings. The van der Waals surface area contributed by atoms with Crippen LogP contribution in [0.5, 0.6) is 5.75 Å². The number of ether oxygens (including phenoxy) is 1. The van der Waals surface area contributed by atoms with Crippen molar-refractivity contribution in [3.8, 4) is 5.75 Å². The van der Waals surface area contributed by atoms with Gasteiger partial charge in [-0.3, -0.25) is 9.59 Å². The summed E-state index contributed by atoms with van der Waals surface area (Å²) in [6, 6.07) is 3.90. The van der Waals surface area contributed by atoms with Gasteiger partial charge in [0.25, 0.3) is 5.91 Å². The predicted octanol–water partition coefficient (Wildman–Crippen LogP) is 4.59. The molecule has 0 bridgehead atoms. The zero-order valence-corrected chi connectivity index (χ0v) is 18.9. The third kappa shape index (κ3) is 4.39. The fourth-order valence-electron chi connectivity index (χ4n) is 3.95. The standard InChI is InChI=1S/C24H34N2O3/c1-8-12-20-21(23(27)19(11-4)15(5)26(20)6)24(28)25-22-16(9-2)13-18(29-7)14-17(22)10-3/h13-14H,8-12H2,1-7H3,(H,25,28). The molecule has 0 aliphatic heterocycles. The molecule has 0 saturated heterocycles. The fraction of sp³-hybridized carbons (Fsp3) is 0.500. The van der Waals surface area contributed by atoms with Crippen molar-refractivity contribution in [1.82, 2.24) is 4.57 Å². The number of pyridine rings is 1.